The molecule has 3 rings (SSSR count). The molecule has 2 unspecified atom stereocenters. The molecule has 0 aromatic heterocycles. The number of hydrogen-bond donors (Lipinski definition) is 1. The predicted octanol–water partition coefficient (Wildman–Crippen LogP) is 4.86. The lowest BCUT2D eigenvalue weighted by Crippen LogP contribution is -2.42. The second kappa shape index (κ2) is 9.50. The number of hydrogen-bond acceptors (Lipinski definition) is 4. The van der Waals surface area contributed by atoms with Crippen molar-refractivity contribution in [3.8, 4) is 5.75 Å². The van der Waals surface area contributed by atoms with E-state index in [2.05, 4.69) is 10.1 Å². The number of carbonyl (C=O) groups excluding carboxylic acids is 1. The number of amides is 1. The summed E-state index contributed by atoms with van der Waals surface area (Å²) in [5, 5.41) is 2.48. The van der Waals surface area contributed by atoms with Gasteiger partial charge >= 0.3 is 6.61 Å². The van der Waals surface area contributed by atoms with E-state index in [0.717, 1.165) is 6.42 Å². The van der Waals surface area contributed by atoms with Gasteiger partial charge in [-0.3, -0.25) is 4.79 Å². The van der Waals surface area contributed by atoms with E-state index in [1.54, 1.807) is 0 Å². The number of halogens is 3. The van der Waals surface area contributed by atoms with Gasteiger partial charge in [0.1, 0.15) is 5.75 Å². The lowest BCUT2D eigenvalue weighted by atomic mass is 9.94. The molecule has 1 fully saturated rings. The van der Waals surface area contributed by atoms with Crippen LogP contribution in [0.15, 0.2) is 47.4 Å². The zero-order valence-electron chi connectivity index (χ0n) is 17.0. The summed E-state index contributed by atoms with van der Waals surface area (Å²) in [6, 6.07) is 9.63. The average molecular weight is 473 g/mol. The monoisotopic (exact) mass is 472 g/mol. The SMILES string of the molecule is CC1CC(C)CN(S(=O)(=O)c2cccc(C(=O)Nc3ccc(OC(F)F)c(Cl)c3)c2)C1. The van der Waals surface area contributed by atoms with Gasteiger partial charge in [-0.2, -0.15) is 13.1 Å². The average Bonchev–Trinajstić information content (AvgIpc) is 2.69. The maximum atomic E-state index is 13.1. The van der Waals surface area contributed by atoms with Crippen molar-refractivity contribution in [1.82, 2.24) is 4.31 Å². The summed E-state index contributed by atoms with van der Waals surface area (Å²) in [7, 11) is -3.74. The number of nitrogens with one attached hydrogen (secondary N) is 1. The van der Waals surface area contributed by atoms with Crippen LogP contribution in [-0.2, 0) is 10.0 Å². The standard InChI is InChI=1S/C21H23ClF2N2O4S/c1-13-8-14(2)12-26(11-13)31(28,29)17-5-3-4-15(9-17)20(27)25-16-6-7-19(18(22)10-16)30-21(23)24/h3-7,9-10,13-14,21H,8,11-12H2,1-2H3,(H,25,27). The van der Waals surface area contributed by atoms with Gasteiger partial charge in [-0.1, -0.05) is 31.5 Å². The molecule has 1 N–H and O–H groups in total. The minimum atomic E-state index is -3.74. The molecule has 6 nitrogen and oxygen atoms in total. The highest BCUT2D eigenvalue weighted by Crippen LogP contribution is 2.30. The Labute approximate surface area is 185 Å². The molecular formula is C21H23ClF2N2O4S. The van der Waals surface area contributed by atoms with Crippen LogP contribution in [0.2, 0.25) is 5.02 Å². The Morgan fingerprint density at radius 3 is 2.45 bits per heavy atom. The summed E-state index contributed by atoms with van der Waals surface area (Å²) < 4.78 is 56.6. The van der Waals surface area contributed by atoms with Crippen LogP contribution in [0.3, 0.4) is 0 Å². The molecule has 1 aliphatic rings. The molecule has 0 saturated carbocycles. The number of nitrogens with zero attached hydrogens (tertiary/aromatic N) is 1. The van der Waals surface area contributed by atoms with Crippen molar-refractivity contribution in [2.75, 3.05) is 18.4 Å². The van der Waals surface area contributed by atoms with Gasteiger partial charge in [-0.05, 0) is 54.7 Å². The summed E-state index contributed by atoms with van der Waals surface area (Å²) in [4.78, 5) is 12.7. The molecule has 2 aromatic carbocycles. The molecule has 31 heavy (non-hydrogen) atoms. The molecule has 1 aliphatic heterocycles. The number of piperidine rings is 1. The third kappa shape index (κ3) is 5.72. The first-order chi connectivity index (χ1) is 14.6. The van der Waals surface area contributed by atoms with E-state index >= 15 is 0 Å². The molecule has 0 bridgehead atoms. The first-order valence-corrected chi connectivity index (χ1v) is 11.5. The number of ether oxygens (including phenoxy) is 1. The fourth-order valence-electron chi connectivity index (χ4n) is 3.72. The van der Waals surface area contributed by atoms with E-state index in [4.69, 9.17) is 11.6 Å². The van der Waals surface area contributed by atoms with E-state index in [1.807, 2.05) is 13.8 Å². The molecule has 0 spiro atoms. The molecule has 1 heterocycles. The number of anilines is 1. The number of carbonyl (C=O) groups is 1. The van der Waals surface area contributed by atoms with Crippen molar-refractivity contribution in [1.29, 1.82) is 0 Å². The van der Waals surface area contributed by atoms with Crippen molar-refractivity contribution >= 4 is 33.2 Å². The van der Waals surface area contributed by atoms with Gasteiger partial charge in [-0.25, -0.2) is 8.42 Å². The molecule has 0 aliphatic carbocycles. The maximum absolute atomic E-state index is 13.1. The maximum Gasteiger partial charge on any atom is 0.387 e. The smallest absolute Gasteiger partial charge is 0.387 e. The van der Waals surface area contributed by atoms with Gasteiger partial charge < -0.3 is 10.1 Å². The van der Waals surface area contributed by atoms with E-state index in [9.17, 15) is 22.0 Å². The zero-order valence-corrected chi connectivity index (χ0v) is 18.6. The van der Waals surface area contributed by atoms with E-state index in [-0.39, 0.29) is 38.8 Å². The van der Waals surface area contributed by atoms with Gasteiger partial charge in [0, 0.05) is 24.3 Å². The van der Waals surface area contributed by atoms with Gasteiger partial charge in [-0.15, -0.1) is 0 Å². The number of sulfonamides is 1. The lowest BCUT2D eigenvalue weighted by Gasteiger charge is -2.34. The van der Waals surface area contributed by atoms with E-state index in [0.29, 0.717) is 13.1 Å². The Morgan fingerprint density at radius 1 is 1.16 bits per heavy atom. The summed E-state index contributed by atoms with van der Waals surface area (Å²) >= 11 is 5.90. The molecule has 1 saturated heterocycles. The van der Waals surface area contributed by atoms with Crippen LogP contribution < -0.4 is 10.1 Å². The molecule has 168 valence electrons. The minimum Gasteiger partial charge on any atom is -0.433 e. The van der Waals surface area contributed by atoms with Crippen LogP contribution in [0.1, 0.15) is 30.6 Å². The van der Waals surface area contributed by atoms with Crippen LogP contribution in [0.25, 0.3) is 0 Å². The van der Waals surface area contributed by atoms with Crippen LogP contribution in [0.5, 0.6) is 5.75 Å². The largest absolute Gasteiger partial charge is 0.433 e. The fourth-order valence-corrected chi connectivity index (χ4v) is 5.67. The first kappa shape index (κ1) is 23.4. The Balaban J connectivity index is 1.78. The van der Waals surface area contributed by atoms with Gasteiger partial charge in [0.05, 0.1) is 9.92 Å². The molecule has 10 heteroatoms. The van der Waals surface area contributed by atoms with Crippen molar-refractivity contribution < 1.29 is 26.7 Å². The third-order valence-electron chi connectivity index (χ3n) is 4.98. The predicted molar refractivity (Wildman–Crippen MR) is 114 cm³/mol. The Hall–Kier alpha value is -2.23. The third-order valence-corrected chi connectivity index (χ3v) is 7.10. The zero-order chi connectivity index (χ0) is 22.8. The first-order valence-electron chi connectivity index (χ1n) is 9.72. The second-order valence-corrected chi connectivity index (χ2v) is 10.1. The highest BCUT2D eigenvalue weighted by molar-refractivity contribution is 7.89. The topological polar surface area (TPSA) is 75.7 Å². The van der Waals surface area contributed by atoms with E-state index in [1.165, 1.54) is 46.8 Å². The van der Waals surface area contributed by atoms with Crippen molar-refractivity contribution in [2.45, 2.75) is 31.8 Å². The van der Waals surface area contributed by atoms with Crippen LogP contribution >= 0.6 is 11.6 Å². The lowest BCUT2D eigenvalue weighted by molar-refractivity contribution is -0.0497. The molecule has 1 amide bonds. The minimum absolute atomic E-state index is 0.0418. The number of alkyl halides is 2. The molecular weight excluding hydrogens is 450 g/mol. The van der Waals surface area contributed by atoms with Crippen LogP contribution in [-0.4, -0.2) is 38.3 Å². The Bertz CT molecular complexity index is 1060. The van der Waals surface area contributed by atoms with Gasteiger partial charge in [0.2, 0.25) is 10.0 Å². The highest BCUT2D eigenvalue weighted by atomic mass is 35.5. The van der Waals surface area contributed by atoms with Crippen LogP contribution in [0.4, 0.5) is 14.5 Å². The fraction of sp³-hybridized carbons (Fsp3) is 0.381. The summed E-state index contributed by atoms with van der Waals surface area (Å²) in [5.74, 6) is -0.262. The summed E-state index contributed by atoms with van der Waals surface area (Å²) in [5.41, 5.74) is 0.395. The van der Waals surface area contributed by atoms with Crippen LogP contribution in [0, 0.1) is 11.8 Å². The van der Waals surface area contributed by atoms with Gasteiger partial charge in [0.15, 0.2) is 0 Å². The normalized spacial score (nSPS) is 19.9. The Morgan fingerprint density at radius 2 is 1.84 bits per heavy atom. The van der Waals surface area contributed by atoms with Crippen molar-refractivity contribution in [3.63, 3.8) is 0 Å². The van der Waals surface area contributed by atoms with E-state index < -0.39 is 22.5 Å². The van der Waals surface area contributed by atoms with Crippen molar-refractivity contribution in [2.24, 2.45) is 11.8 Å². The second-order valence-electron chi connectivity index (χ2n) is 7.77. The molecule has 2 atom stereocenters. The number of benzene rings is 2. The highest BCUT2D eigenvalue weighted by Gasteiger charge is 2.32. The number of rotatable bonds is 6. The van der Waals surface area contributed by atoms with Gasteiger partial charge in [0.25, 0.3) is 5.91 Å². The molecule has 0 radical (unpaired) electrons. The van der Waals surface area contributed by atoms with Crippen molar-refractivity contribution in [3.05, 3.63) is 53.1 Å². The summed E-state index contributed by atoms with van der Waals surface area (Å²) in [6.45, 7) is 1.90. The quantitative estimate of drug-likeness (QED) is 0.651. The summed E-state index contributed by atoms with van der Waals surface area (Å²) in [6.07, 6.45) is 0.970. The molecule has 2 aromatic rings. The Kier molecular flexibility index (Phi) is 7.18.